The Morgan fingerprint density at radius 3 is 2.09 bits per heavy atom. The monoisotopic (exact) mass is 328 g/mol. The second kappa shape index (κ2) is 6.60. The van der Waals surface area contributed by atoms with Gasteiger partial charge in [-0.05, 0) is 51.4 Å². The molecule has 0 bridgehead atoms. The van der Waals surface area contributed by atoms with Crippen molar-refractivity contribution in [2.75, 3.05) is 21.3 Å². The maximum Gasteiger partial charge on any atom is 0.163 e. The fourth-order valence-corrected chi connectivity index (χ4v) is 5.46. The highest BCUT2D eigenvalue weighted by atomic mass is 16.8. The van der Waals surface area contributed by atoms with E-state index in [1.807, 2.05) is 0 Å². The van der Waals surface area contributed by atoms with Crippen LogP contribution in [0.25, 0.3) is 0 Å². The van der Waals surface area contributed by atoms with Crippen LogP contribution in [0.2, 0.25) is 0 Å². The van der Waals surface area contributed by atoms with Crippen LogP contribution in [0, 0.1) is 29.6 Å². The van der Waals surface area contributed by atoms with Crippen LogP contribution < -0.4 is 0 Å². The van der Waals surface area contributed by atoms with Gasteiger partial charge in [0, 0.05) is 39.1 Å². The first-order valence-corrected chi connectivity index (χ1v) is 8.88. The van der Waals surface area contributed by atoms with Crippen molar-refractivity contribution in [2.24, 2.45) is 29.6 Å². The molecule has 1 heterocycles. The number of fused-ring (bicyclic) bond motifs is 1. The molecule has 3 fully saturated rings. The summed E-state index contributed by atoms with van der Waals surface area (Å²) in [4.78, 5) is 0. The Morgan fingerprint density at radius 1 is 0.870 bits per heavy atom. The molecule has 8 atom stereocenters. The summed E-state index contributed by atoms with van der Waals surface area (Å²) in [5, 5.41) is 11.0. The quantitative estimate of drug-likeness (QED) is 0.840. The SMILES string of the molecule is CO[C@@H]1O[C@H](OC)[C@H]2C(C3CCC(C(C)(C)OC)C3O)CC[C@@H]12. The van der Waals surface area contributed by atoms with Gasteiger partial charge in [-0.1, -0.05) is 0 Å². The van der Waals surface area contributed by atoms with E-state index in [1.54, 1.807) is 21.3 Å². The Hall–Kier alpha value is -0.200. The maximum atomic E-state index is 11.0. The van der Waals surface area contributed by atoms with Crippen LogP contribution in [0.4, 0.5) is 0 Å². The minimum Gasteiger partial charge on any atom is -0.392 e. The van der Waals surface area contributed by atoms with Crippen molar-refractivity contribution < 1.29 is 24.1 Å². The molecule has 5 heteroatoms. The molecule has 1 aliphatic heterocycles. The third kappa shape index (κ3) is 2.85. The molecule has 0 aromatic heterocycles. The van der Waals surface area contributed by atoms with Gasteiger partial charge in [-0.3, -0.25) is 0 Å². The van der Waals surface area contributed by atoms with Crippen LogP contribution in [0.5, 0.6) is 0 Å². The number of rotatable bonds is 5. The summed E-state index contributed by atoms with van der Waals surface area (Å²) in [6.45, 7) is 4.16. The van der Waals surface area contributed by atoms with Gasteiger partial charge in [0.1, 0.15) is 0 Å². The molecule has 5 nitrogen and oxygen atoms in total. The van der Waals surface area contributed by atoms with E-state index in [0.717, 1.165) is 25.7 Å². The molecule has 0 aromatic rings. The molecule has 1 saturated heterocycles. The van der Waals surface area contributed by atoms with Crippen molar-refractivity contribution >= 4 is 0 Å². The van der Waals surface area contributed by atoms with Gasteiger partial charge in [0.25, 0.3) is 0 Å². The first kappa shape index (κ1) is 17.6. The van der Waals surface area contributed by atoms with Crippen LogP contribution in [-0.4, -0.2) is 50.7 Å². The smallest absolute Gasteiger partial charge is 0.163 e. The van der Waals surface area contributed by atoms with Gasteiger partial charge in [-0.2, -0.15) is 0 Å². The molecular weight excluding hydrogens is 296 g/mol. The normalized spacial score (nSPS) is 47.2. The summed E-state index contributed by atoms with van der Waals surface area (Å²) in [6, 6.07) is 0. The van der Waals surface area contributed by atoms with Crippen LogP contribution in [0.1, 0.15) is 39.5 Å². The molecule has 3 aliphatic rings. The van der Waals surface area contributed by atoms with Crippen LogP contribution in [0.15, 0.2) is 0 Å². The number of hydrogen-bond donors (Lipinski definition) is 1. The zero-order valence-electron chi connectivity index (χ0n) is 15.0. The van der Waals surface area contributed by atoms with Gasteiger partial charge in [0.2, 0.25) is 0 Å². The average Bonchev–Trinajstić information content (AvgIpc) is 3.20. The van der Waals surface area contributed by atoms with E-state index in [-0.39, 0.29) is 30.2 Å². The second-order valence-corrected chi connectivity index (χ2v) is 7.97. The Kier molecular flexibility index (Phi) is 5.06. The highest BCUT2D eigenvalue weighted by Gasteiger charge is 2.57. The fraction of sp³-hybridized carbons (Fsp3) is 1.00. The second-order valence-electron chi connectivity index (χ2n) is 7.97. The summed E-state index contributed by atoms with van der Waals surface area (Å²) >= 11 is 0. The van der Waals surface area contributed by atoms with Crippen molar-refractivity contribution in [1.82, 2.24) is 0 Å². The number of methoxy groups -OCH3 is 3. The fourth-order valence-electron chi connectivity index (χ4n) is 5.46. The Balaban J connectivity index is 1.75. The molecule has 3 rings (SSSR count). The molecule has 0 radical (unpaired) electrons. The van der Waals surface area contributed by atoms with E-state index in [1.165, 1.54) is 0 Å². The first-order chi connectivity index (χ1) is 10.9. The summed E-state index contributed by atoms with van der Waals surface area (Å²) in [6.07, 6.45) is 3.61. The van der Waals surface area contributed by atoms with Crippen molar-refractivity contribution in [3.63, 3.8) is 0 Å². The standard InChI is InChI=1S/C18H32O5/c1-18(2,22-5)13-9-8-11(15(13)19)10-6-7-12-14(10)17(21-4)23-16(12)20-3/h10-17,19H,6-9H2,1-5H3/t10?,11?,12-,13?,14+,15?,16-,17+/m1/s1. The van der Waals surface area contributed by atoms with Gasteiger partial charge in [-0.25, -0.2) is 0 Å². The molecule has 2 saturated carbocycles. The summed E-state index contributed by atoms with van der Waals surface area (Å²) < 4.78 is 22.6. The van der Waals surface area contributed by atoms with E-state index in [2.05, 4.69) is 13.8 Å². The summed E-state index contributed by atoms with van der Waals surface area (Å²) in [7, 11) is 5.15. The van der Waals surface area contributed by atoms with Crippen LogP contribution in [0.3, 0.4) is 0 Å². The Morgan fingerprint density at radius 2 is 1.48 bits per heavy atom. The minimum atomic E-state index is -0.312. The minimum absolute atomic E-state index is 0.167. The van der Waals surface area contributed by atoms with Crippen molar-refractivity contribution in [1.29, 1.82) is 0 Å². The number of hydrogen-bond acceptors (Lipinski definition) is 5. The maximum absolute atomic E-state index is 11.0. The molecule has 0 aromatic carbocycles. The zero-order valence-corrected chi connectivity index (χ0v) is 15.0. The lowest BCUT2D eigenvalue weighted by atomic mass is 9.77. The van der Waals surface area contributed by atoms with Gasteiger partial charge >= 0.3 is 0 Å². The Labute approximate surface area is 139 Å². The predicted molar refractivity (Wildman–Crippen MR) is 85.7 cm³/mol. The van der Waals surface area contributed by atoms with Gasteiger partial charge in [0.15, 0.2) is 12.6 Å². The lowest BCUT2D eigenvalue weighted by Gasteiger charge is -2.36. The third-order valence-corrected chi connectivity index (χ3v) is 6.85. The molecule has 1 N–H and O–H groups in total. The van der Waals surface area contributed by atoms with Crippen molar-refractivity contribution in [3.05, 3.63) is 0 Å². The molecule has 4 unspecified atom stereocenters. The van der Waals surface area contributed by atoms with Gasteiger partial charge < -0.3 is 24.1 Å². The molecule has 23 heavy (non-hydrogen) atoms. The molecular formula is C18H32O5. The number of aliphatic hydroxyl groups excluding tert-OH is 1. The van der Waals surface area contributed by atoms with Crippen molar-refractivity contribution in [2.45, 2.75) is 63.8 Å². The van der Waals surface area contributed by atoms with E-state index in [4.69, 9.17) is 18.9 Å². The van der Waals surface area contributed by atoms with E-state index < -0.39 is 0 Å². The third-order valence-electron chi connectivity index (χ3n) is 6.85. The summed E-state index contributed by atoms with van der Waals surface area (Å²) in [5.74, 6) is 1.66. The van der Waals surface area contributed by atoms with Gasteiger partial charge in [-0.15, -0.1) is 0 Å². The molecule has 0 spiro atoms. The van der Waals surface area contributed by atoms with Crippen LogP contribution in [-0.2, 0) is 18.9 Å². The van der Waals surface area contributed by atoms with Crippen molar-refractivity contribution in [3.8, 4) is 0 Å². The highest BCUT2D eigenvalue weighted by molar-refractivity contribution is 5.02. The molecule has 134 valence electrons. The largest absolute Gasteiger partial charge is 0.392 e. The predicted octanol–water partition coefficient (Wildman–Crippen LogP) is 2.42. The summed E-state index contributed by atoms with van der Waals surface area (Å²) in [5.41, 5.74) is -0.284. The number of ether oxygens (including phenoxy) is 4. The Bertz CT molecular complexity index is 412. The van der Waals surface area contributed by atoms with E-state index in [0.29, 0.717) is 23.7 Å². The topological polar surface area (TPSA) is 57.2 Å². The molecule has 2 aliphatic carbocycles. The lowest BCUT2D eigenvalue weighted by molar-refractivity contribution is -0.204. The average molecular weight is 328 g/mol. The molecule has 0 amide bonds. The van der Waals surface area contributed by atoms with Gasteiger partial charge in [0.05, 0.1) is 11.7 Å². The van der Waals surface area contributed by atoms with E-state index in [9.17, 15) is 5.11 Å². The zero-order chi connectivity index (χ0) is 16.8. The number of aliphatic hydroxyl groups is 1. The van der Waals surface area contributed by atoms with E-state index >= 15 is 0 Å². The highest BCUT2D eigenvalue weighted by Crippen LogP contribution is 2.55. The van der Waals surface area contributed by atoms with Crippen LogP contribution >= 0.6 is 0 Å². The first-order valence-electron chi connectivity index (χ1n) is 8.88. The lowest BCUT2D eigenvalue weighted by Crippen LogP contribution is -2.42.